The molecule has 2 heterocycles. The van der Waals surface area contributed by atoms with Gasteiger partial charge in [0.15, 0.2) is 11.0 Å². The second-order valence-electron chi connectivity index (χ2n) is 7.91. The molecule has 2 amide bonds. The lowest BCUT2D eigenvalue weighted by Gasteiger charge is -2.21. The third kappa shape index (κ3) is 5.95. The number of rotatable bonds is 9. The van der Waals surface area contributed by atoms with E-state index in [-0.39, 0.29) is 28.8 Å². The summed E-state index contributed by atoms with van der Waals surface area (Å²) in [5.41, 5.74) is 0.879. The van der Waals surface area contributed by atoms with E-state index in [9.17, 15) is 19.7 Å². The van der Waals surface area contributed by atoms with Gasteiger partial charge in [-0.15, -0.1) is 10.2 Å². The van der Waals surface area contributed by atoms with E-state index in [1.54, 1.807) is 23.9 Å². The molecule has 0 aliphatic heterocycles. The summed E-state index contributed by atoms with van der Waals surface area (Å²) in [7, 11) is 1.76. The predicted molar refractivity (Wildman–Crippen MR) is 127 cm³/mol. The number of benzene rings is 1. The molecular weight excluding hydrogens is 458 g/mol. The minimum absolute atomic E-state index is 0.0428. The van der Waals surface area contributed by atoms with E-state index in [1.807, 2.05) is 26.8 Å². The Hall–Kier alpha value is -3.80. The first kappa shape index (κ1) is 24.8. The SMILES string of the molecule is Cc1cccnc1NC(=O)CSc1nnc([C@H](NC(=O)c2cccc([N+](=O)[O-])c2)C(C)C)n1C. The Labute approximate surface area is 200 Å². The second-order valence-corrected chi connectivity index (χ2v) is 8.85. The van der Waals surface area contributed by atoms with E-state index >= 15 is 0 Å². The van der Waals surface area contributed by atoms with Crippen LogP contribution in [0.1, 0.15) is 41.6 Å². The number of amides is 2. The van der Waals surface area contributed by atoms with Crippen LogP contribution in [-0.4, -0.2) is 42.2 Å². The molecule has 0 radical (unpaired) electrons. The summed E-state index contributed by atoms with van der Waals surface area (Å²) in [4.78, 5) is 39.8. The normalized spacial score (nSPS) is 11.8. The molecule has 0 bridgehead atoms. The zero-order valence-electron chi connectivity index (χ0n) is 19.2. The number of pyridine rings is 1. The molecule has 0 saturated carbocycles. The summed E-state index contributed by atoms with van der Waals surface area (Å²) in [6.07, 6.45) is 1.61. The summed E-state index contributed by atoms with van der Waals surface area (Å²) in [5, 5.41) is 25.6. The van der Waals surface area contributed by atoms with Crippen LogP contribution in [0.5, 0.6) is 0 Å². The van der Waals surface area contributed by atoms with Crippen LogP contribution in [0.3, 0.4) is 0 Å². The molecule has 1 atom stereocenters. The number of aryl methyl sites for hydroxylation is 1. The Morgan fingerprint density at radius 3 is 2.65 bits per heavy atom. The van der Waals surface area contributed by atoms with Crippen LogP contribution in [0.2, 0.25) is 0 Å². The Morgan fingerprint density at radius 2 is 1.97 bits per heavy atom. The lowest BCUT2D eigenvalue weighted by Crippen LogP contribution is -2.33. The van der Waals surface area contributed by atoms with Crippen LogP contribution in [0.4, 0.5) is 11.5 Å². The third-order valence-electron chi connectivity index (χ3n) is 5.02. The van der Waals surface area contributed by atoms with Crippen molar-refractivity contribution < 1.29 is 14.5 Å². The number of nitrogens with zero attached hydrogens (tertiary/aromatic N) is 5. The summed E-state index contributed by atoms with van der Waals surface area (Å²) in [6, 6.07) is 8.69. The van der Waals surface area contributed by atoms with Crippen LogP contribution < -0.4 is 10.6 Å². The summed E-state index contributed by atoms with van der Waals surface area (Å²) in [6.45, 7) is 5.70. The van der Waals surface area contributed by atoms with Crippen LogP contribution in [0.25, 0.3) is 0 Å². The van der Waals surface area contributed by atoms with Crippen LogP contribution >= 0.6 is 11.8 Å². The van der Waals surface area contributed by atoms with Crippen molar-refractivity contribution in [3.8, 4) is 0 Å². The molecule has 12 heteroatoms. The highest BCUT2D eigenvalue weighted by atomic mass is 32.2. The van der Waals surface area contributed by atoms with Gasteiger partial charge in [-0.2, -0.15) is 0 Å². The molecule has 0 unspecified atom stereocenters. The van der Waals surface area contributed by atoms with Gasteiger partial charge < -0.3 is 15.2 Å². The van der Waals surface area contributed by atoms with Crippen molar-refractivity contribution >= 4 is 35.1 Å². The molecular formula is C22H25N7O4S. The monoisotopic (exact) mass is 483 g/mol. The van der Waals surface area contributed by atoms with Crippen molar-refractivity contribution in [3.05, 3.63) is 69.7 Å². The molecule has 178 valence electrons. The van der Waals surface area contributed by atoms with Crippen LogP contribution in [-0.2, 0) is 11.8 Å². The van der Waals surface area contributed by atoms with E-state index < -0.39 is 16.9 Å². The number of nitro groups is 1. The fourth-order valence-electron chi connectivity index (χ4n) is 3.15. The number of carbonyl (C=O) groups excluding carboxylic acids is 2. The van der Waals surface area contributed by atoms with Gasteiger partial charge in [-0.3, -0.25) is 19.7 Å². The highest BCUT2D eigenvalue weighted by Crippen LogP contribution is 2.25. The smallest absolute Gasteiger partial charge is 0.270 e. The van der Waals surface area contributed by atoms with E-state index in [2.05, 4.69) is 25.8 Å². The maximum absolute atomic E-state index is 12.8. The first-order valence-electron chi connectivity index (χ1n) is 10.5. The fourth-order valence-corrected chi connectivity index (χ4v) is 3.87. The number of hydrogen-bond acceptors (Lipinski definition) is 8. The Morgan fingerprint density at radius 1 is 1.21 bits per heavy atom. The first-order valence-corrected chi connectivity index (χ1v) is 11.4. The average Bonchev–Trinajstić information content (AvgIpc) is 3.17. The molecule has 0 fully saturated rings. The highest BCUT2D eigenvalue weighted by Gasteiger charge is 2.26. The number of anilines is 1. The van der Waals surface area contributed by atoms with E-state index in [4.69, 9.17) is 0 Å². The predicted octanol–water partition coefficient (Wildman–Crippen LogP) is 3.28. The van der Waals surface area contributed by atoms with Gasteiger partial charge in [-0.05, 0) is 30.5 Å². The van der Waals surface area contributed by atoms with Crippen LogP contribution in [0, 0.1) is 23.0 Å². The highest BCUT2D eigenvalue weighted by molar-refractivity contribution is 7.99. The summed E-state index contributed by atoms with van der Waals surface area (Å²) in [5.74, 6) is 0.404. The van der Waals surface area contributed by atoms with Crippen molar-refractivity contribution in [2.75, 3.05) is 11.1 Å². The number of nitrogens with one attached hydrogen (secondary N) is 2. The molecule has 3 aromatic rings. The van der Waals surface area contributed by atoms with Gasteiger partial charge in [0.2, 0.25) is 5.91 Å². The lowest BCUT2D eigenvalue weighted by atomic mass is 10.0. The molecule has 0 aliphatic rings. The molecule has 2 N–H and O–H groups in total. The van der Waals surface area contributed by atoms with E-state index in [0.717, 1.165) is 5.56 Å². The maximum Gasteiger partial charge on any atom is 0.270 e. The largest absolute Gasteiger partial charge is 0.342 e. The molecule has 1 aromatic carbocycles. The van der Waals surface area contributed by atoms with Gasteiger partial charge >= 0.3 is 0 Å². The molecule has 34 heavy (non-hydrogen) atoms. The Balaban J connectivity index is 1.69. The van der Waals surface area contributed by atoms with E-state index in [1.165, 1.54) is 36.0 Å². The van der Waals surface area contributed by atoms with Gasteiger partial charge in [0.25, 0.3) is 11.6 Å². The van der Waals surface area contributed by atoms with Gasteiger partial charge in [0, 0.05) is 30.9 Å². The fraction of sp³-hybridized carbons (Fsp3) is 0.318. The molecule has 11 nitrogen and oxygen atoms in total. The van der Waals surface area contributed by atoms with Crippen molar-refractivity contribution in [3.63, 3.8) is 0 Å². The number of hydrogen-bond donors (Lipinski definition) is 2. The molecule has 3 rings (SSSR count). The van der Waals surface area contributed by atoms with Gasteiger partial charge in [-0.25, -0.2) is 4.98 Å². The second kappa shape index (κ2) is 10.9. The number of aromatic nitrogens is 4. The zero-order chi connectivity index (χ0) is 24.8. The zero-order valence-corrected chi connectivity index (χ0v) is 20.0. The molecule has 2 aromatic heterocycles. The average molecular weight is 484 g/mol. The van der Waals surface area contributed by atoms with Crippen LogP contribution in [0.15, 0.2) is 47.8 Å². The number of nitro benzene ring substituents is 1. The Bertz CT molecular complexity index is 1210. The third-order valence-corrected chi connectivity index (χ3v) is 6.04. The molecule has 0 spiro atoms. The molecule has 0 aliphatic carbocycles. The standard InChI is InChI=1S/C22H25N7O4S/c1-13(2)18(25-21(31)15-8-5-9-16(11-15)29(32)33)20-26-27-22(28(20)4)34-12-17(30)24-19-14(3)7-6-10-23-19/h5-11,13,18H,12H2,1-4H3,(H,25,31)(H,23,24,30)/t18-/m1/s1. The minimum atomic E-state index is -0.547. The van der Waals surface area contributed by atoms with Gasteiger partial charge in [0.1, 0.15) is 5.82 Å². The number of carbonyl (C=O) groups is 2. The quantitative estimate of drug-likeness (QED) is 0.268. The molecule has 0 saturated heterocycles. The van der Waals surface area contributed by atoms with Crippen molar-refractivity contribution in [2.45, 2.75) is 32.0 Å². The van der Waals surface area contributed by atoms with Crippen molar-refractivity contribution in [2.24, 2.45) is 13.0 Å². The first-order chi connectivity index (χ1) is 16.2. The van der Waals surface area contributed by atoms with Crippen molar-refractivity contribution in [1.29, 1.82) is 0 Å². The topological polar surface area (TPSA) is 145 Å². The van der Waals surface area contributed by atoms with Gasteiger partial charge in [-0.1, -0.05) is 37.7 Å². The van der Waals surface area contributed by atoms with Crippen molar-refractivity contribution in [1.82, 2.24) is 25.1 Å². The minimum Gasteiger partial charge on any atom is -0.342 e. The maximum atomic E-state index is 12.8. The number of non-ortho nitro benzene ring substituents is 1. The van der Waals surface area contributed by atoms with Gasteiger partial charge in [0.05, 0.1) is 16.7 Å². The summed E-state index contributed by atoms with van der Waals surface area (Å²) < 4.78 is 1.72. The number of thioether (sulfide) groups is 1. The summed E-state index contributed by atoms with van der Waals surface area (Å²) >= 11 is 1.21. The Kier molecular flexibility index (Phi) is 7.95. The van der Waals surface area contributed by atoms with E-state index in [0.29, 0.717) is 16.8 Å². The lowest BCUT2D eigenvalue weighted by molar-refractivity contribution is -0.384.